The molecule has 0 aromatic heterocycles. The van der Waals surface area contributed by atoms with Crippen LogP contribution < -0.4 is 15.8 Å². The third-order valence-electron chi connectivity index (χ3n) is 3.25. The van der Waals surface area contributed by atoms with Crippen molar-refractivity contribution in [3.8, 4) is 5.75 Å². The Morgan fingerprint density at radius 3 is 2.67 bits per heavy atom. The number of carbonyl (C=O) groups is 1. The first-order chi connectivity index (χ1) is 9.92. The molecule has 3 atom stereocenters. The summed E-state index contributed by atoms with van der Waals surface area (Å²) in [5.74, 6) is 0.632. The van der Waals surface area contributed by atoms with Crippen molar-refractivity contribution in [2.75, 3.05) is 0 Å². The molecule has 0 fully saturated rings. The van der Waals surface area contributed by atoms with Crippen molar-refractivity contribution in [2.45, 2.75) is 65.1 Å². The number of nitrogens with two attached hydrogens (primary N) is 1. The van der Waals surface area contributed by atoms with E-state index in [-0.39, 0.29) is 18.0 Å². The van der Waals surface area contributed by atoms with Crippen LogP contribution in [-0.2, 0) is 11.2 Å². The number of nitrogens with one attached hydrogen (secondary N) is 1. The molecule has 118 valence electrons. The average Bonchev–Trinajstić information content (AvgIpc) is 2.38. The van der Waals surface area contributed by atoms with E-state index >= 15 is 0 Å². The van der Waals surface area contributed by atoms with Crippen LogP contribution in [0.2, 0.25) is 0 Å². The SMILES string of the molecule is CCCC(C)NC(=O)C(C)Oc1cccc(CC(C)N)c1. The Kier molecular flexibility index (Phi) is 7.23. The fourth-order valence-electron chi connectivity index (χ4n) is 2.24. The summed E-state index contributed by atoms with van der Waals surface area (Å²) in [6, 6.07) is 8.04. The van der Waals surface area contributed by atoms with Gasteiger partial charge >= 0.3 is 0 Å². The van der Waals surface area contributed by atoms with Gasteiger partial charge in [0, 0.05) is 12.1 Å². The lowest BCUT2D eigenvalue weighted by atomic mass is 10.1. The maximum absolute atomic E-state index is 12.0. The first kappa shape index (κ1) is 17.5. The van der Waals surface area contributed by atoms with Crippen LogP contribution in [0, 0.1) is 0 Å². The van der Waals surface area contributed by atoms with Crippen molar-refractivity contribution < 1.29 is 9.53 Å². The lowest BCUT2D eigenvalue weighted by Gasteiger charge is -2.18. The van der Waals surface area contributed by atoms with Crippen molar-refractivity contribution in [3.63, 3.8) is 0 Å². The van der Waals surface area contributed by atoms with E-state index in [4.69, 9.17) is 10.5 Å². The van der Waals surface area contributed by atoms with Gasteiger partial charge < -0.3 is 15.8 Å². The molecular weight excluding hydrogens is 264 g/mol. The van der Waals surface area contributed by atoms with E-state index in [2.05, 4.69) is 12.2 Å². The molecular formula is C17H28N2O2. The highest BCUT2D eigenvalue weighted by molar-refractivity contribution is 5.80. The molecule has 0 heterocycles. The van der Waals surface area contributed by atoms with Crippen LogP contribution in [0.4, 0.5) is 0 Å². The van der Waals surface area contributed by atoms with Gasteiger partial charge in [0.2, 0.25) is 0 Å². The molecule has 1 amide bonds. The molecule has 0 aliphatic rings. The largest absolute Gasteiger partial charge is 0.481 e. The predicted molar refractivity (Wildman–Crippen MR) is 86.4 cm³/mol. The average molecular weight is 292 g/mol. The third-order valence-corrected chi connectivity index (χ3v) is 3.25. The van der Waals surface area contributed by atoms with Gasteiger partial charge in [-0.1, -0.05) is 25.5 Å². The summed E-state index contributed by atoms with van der Waals surface area (Å²) in [6.07, 6.45) is 2.32. The normalized spacial score (nSPS) is 15.1. The van der Waals surface area contributed by atoms with Crippen LogP contribution in [0.1, 0.15) is 46.1 Å². The van der Waals surface area contributed by atoms with Crippen molar-refractivity contribution in [2.24, 2.45) is 5.73 Å². The van der Waals surface area contributed by atoms with Crippen molar-refractivity contribution >= 4 is 5.91 Å². The highest BCUT2D eigenvalue weighted by atomic mass is 16.5. The standard InChI is InChI=1S/C17H28N2O2/c1-5-7-13(3)19-17(20)14(4)21-16-9-6-8-15(11-16)10-12(2)18/h6,8-9,11-14H,5,7,10,18H2,1-4H3,(H,19,20). The first-order valence-electron chi connectivity index (χ1n) is 7.74. The van der Waals surface area contributed by atoms with Gasteiger partial charge in [-0.15, -0.1) is 0 Å². The van der Waals surface area contributed by atoms with E-state index in [1.807, 2.05) is 38.1 Å². The van der Waals surface area contributed by atoms with Gasteiger partial charge in [0.15, 0.2) is 6.10 Å². The van der Waals surface area contributed by atoms with Crippen LogP contribution in [0.3, 0.4) is 0 Å². The minimum Gasteiger partial charge on any atom is -0.481 e. The molecule has 3 N–H and O–H groups in total. The topological polar surface area (TPSA) is 64.3 Å². The maximum Gasteiger partial charge on any atom is 0.260 e. The van der Waals surface area contributed by atoms with E-state index < -0.39 is 6.10 Å². The Balaban J connectivity index is 2.57. The second kappa shape index (κ2) is 8.67. The molecule has 0 aliphatic carbocycles. The molecule has 0 bridgehead atoms. The zero-order valence-corrected chi connectivity index (χ0v) is 13.6. The fraction of sp³-hybridized carbons (Fsp3) is 0.588. The Labute approximate surface area is 128 Å². The summed E-state index contributed by atoms with van der Waals surface area (Å²) in [7, 11) is 0. The van der Waals surface area contributed by atoms with E-state index in [1.54, 1.807) is 6.92 Å². The highest BCUT2D eigenvalue weighted by Gasteiger charge is 2.16. The summed E-state index contributed by atoms with van der Waals surface area (Å²) in [6.45, 7) is 7.86. The van der Waals surface area contributed by atoms with Crippen LogP contribution in [-0.4, -0.2) is 24.1 Å². The predicted octanol–water partition coefficient (Wildman–Crippen LogP) is 2.65. The summed E-state index contributed by atoms with van der Waals surface area (Å²) >= 11 is 0. The Bertz CT molecular complexity index is 446. The Morgan fingerprint density at radius 1 is 1.33 bits per heavy atom. The van der Waals surface area contributed by atoms with E-state index in [1.165, 1.54) is 0 Å². The fourth-order valence-corrected chi connectivity index (χ4v) is 2.24. The molecule has 4 heteroatoms. The molecule has 1 aromatic rings. The van der Waals surface area contributed by atoms with Gasteiger partial charge in [-0.05, 0) is 51.3 Å². The van der Waals surface area contributed by atoms with Gasteiger partial charge in [0.05, 0.1) is 0 Å². The van der Waals surface area contributed by atoms with Crippen LogP contribution in [0.5, 0.6) is 5.75 Å². The molecule has 0 spiro atoms. The number of carbonyl (C=O) groups excluding carboxylic acids is 1. The van der Waals surface area contributed by atoms with Crippen molar-refractivity contribution in [1.29, 1.82) is 0 Å². The first-order valence-corrected chi connectivity index (χ1v) is 7.74. The van der Waals surface area contributed by atoms with Crippen molar-refractivity contribution in [3.05, 3.63) is 29.8 Å². The number of ether oxygens (including phenoxy) is 1. The van der Waals surface area contributed by atoms with E-state index in [9.17, 15) is 4.79 Å². The zero-order chi connectivity index (χ0) is 15.8. The zero-order valence-electron chi connectivity index (χ0n) is 13.6. The molecule has 0 saturated heterocycles. The van der Waals surface area contributed by atoms with E-state index in [0.717, 1.165) is 24.8 Å². The molecule has 21 heavy (non-hydrogen) atoms. The summed E-state index contributed by atoms with van der Waals surface area (Å²) in [5.41, 5.74) is 6.92. The van der Waals surface area contributed by atoms with Gasteiger partial charge in [0.1, 0.15) is 5.75 Å². The van der Waals surface area contributed by atoms with Gasteiger partial charge in [-0.25, -0.2) is 0 Å². The Morgan fingerprint density at radius 2 is 2.05 bits per heavy atom. The van der Waals surface area contributed by atoms with Crippen molar-refractivity contribution in [1.82, 2.24) is 5.32 Å². The summed E-state index contributed by atoms with van der Waals surface area (Å²) in [4.78, 5) is 12.0. The number of benzene rings is 1. The number of amides is 1. The van der Waals surface area contributed by atoms with Crippen LogP contribution in [0.25, 0.3) is 0 Å². The number of hydrogen-bond donors (Lipinski definition) is 2. The maximum atomic E-state index is 12.0. The molecule has 3 unspecified atom stereocenters. The van der Waals surface area contributed by atoms with Gasteiger partial charge in [-0.2, -0.15) is 0 Å². The number of hydrogen-bond acceptors (Lipinski definition) is 3. The smallest absolute Gasteiger partial charge is 0.260 e. The quantitative estimate of drug-likeness (QED) is 0.774. The van der Waals surface area contributed by atoms with Gasteiger partial charge in [0.25, 0.3) is 5.91 Å². The highest BCUT2D eigenvalue weighted by Crippen LogP contribution is 2.16. The molecule has 1 aromatic carbocycles. The number of rotatable bonds is 8. The molecule has 4 nitrogen and oxygen atoms in total. The minimum atomic E-state index is -0.505. The van der Waals surface area contributed by atoms with Crippen LogP contribution >= 0.6 is 0 Å². The lowest BCUT2D eigenvalue weighted by molar-refractivity contribution is -0.127. The van der Waals surface area contributed by atoms with Gasteiger partial charge in [-0.3, -0.25) is 4.79 Å². The molecule has 0 radical (unpaired) electrons. The third kappa shape index (κ3) is 6.63. The molecule has 0 saturated carbocycles. The van der Waals surface area contributed by atoms with E-state index in [0.29, 0.717) is 5.75 Å². The second-order valence-corrected chi connectivity index (χ2v) is 5.79. The summed E-state index contributed by atoms with van der Waals surface area (Å²) in [5, 5.41) is 2.96. The molecule has 0 aliphatic heterocycles. The lowest BCUT2D eigenvalue weighted by Crippen LogP contribution is -2.41. The summed E-state index contributed by atoms with van der Waals surface area (Å²) < 4.78 is 5.72. The monoisotopic (exact) mass is 292 g/mol. The minimum absolute atomic E-state index is 0.0754. The second-order valence-electron chi connectivity index (χ2n) is 5.79. The van der Waals surface area contributed by atoms with Crippen LogP contribution in [0.15, 0.2) is 24.3 Å². The molecule has 1 rings (SSSR count). The Hall–Kier alpha value is -1.55.